The maximum Gasteiger partial charge on any atom is 0.334 e. The van der Waals surface area contributed by atoms with Crippen LogP contribution in [0.1, 0.15) is 16.7 Å². The second-order valence-corrected chi connectivity index (χ2v) is 14.1. The Labute approximate surface area is 411 Å². The van der Waals surface area contributed by atoms with Gasteiger partial charge in [0.1, 0.15) is 5.82 Å². The third-order valence-electron chi connectivity index (χ3n) is 7.75. The number of ether oxygens (including phenoxy) is 1. The molecule has 6 aromatic heterocycles. The molecule has 0 unspecified atom stereocenters. The van der Waals surface area contributed by atoms with E-state index in [1.54, 1.807) is 31.0 Å². The summed E-state index contributed by atoms with van der Waals surface area (Å²) in [4.78, 5) is 112. The number of hydrogen-bond donors (Lipinski definition) is 4. The van der Waals surface area contributed by atoms with Gasteiger partial charge in [-0.15, -0.1) is 0 Å². The van der Waals surface area contributed by atoms with Crippen LogP contribution < -0.4 is 31.6 Å². The van der Waals surface area contributed by atoms with Gasteiger partial charge in [0.25, 0.3) is 6.47 Å². The third kappa shape index (κ3) is 20.1. The number of nitro groups is 5. The first kappa shape index (κ1) is 57.7. The molecule has 1 fully saturated rings. The molecular formula is C38H34Cl3N15O15. The molecule has 0 atom stereocenters. The number of halogens is 3. The lowest BCUT2D eigenvalue weighted by molar-refractivity contribution is -0.386. The van der Waals surface area contributed by atoms with E-state index >= 15 is 0 Å². The monoisotopic (exact) mass is 1050 g/mol. The first-order valence-corrected chi connectivity index (χ1v) is 19.9. The number of nitrogens with two attached hydrogens (primary N) is 1. The summed E-state index contributed by atoms with van der Waals surface area (Å²) in [5.41, 5.74) is 6.34. The number of aromatic nitrogens is 6. The van der Waals surface area contributed by atoms with E-state index in [9.17, 15) is 69.7 Å². The number of rotatable bonds is 12. The molecule has 0 aliphatic carbocycles. The first-order chi connectivity index (χ1) is 33.5. The van der Waals surface area contributed by atoms with Crippen LogP contribution in [-0.2, 0) is 14.4 Å². The Kier molecular flexibility index (Phi) is 23.3. The molecule has 372 valence electrons. The van der Waals surface area contributed by atoms with Gasteiger partial charge in [0.2, 0.25) is 34.1 Å². The summed E-state index contributed by atoms with van der Waals surface area (Å²) in [7, 11) is 0. The molecule has 2 amide bonds. The third-order valence-corrected chi connectivity index (χ3v) is 8.62. The number of nitrogen functional groups attached to an aromatic ring is 1. The van der Waals surface area contributed by atoms with Gasteiger partial charge in [-0.1, -0.05) is 40.9 Å². The molecule has 0 saturated carbocycles. The minimum atomic E-state index is -0.715. The van der Waals surface area contributed by atoms with Crippen molar-refractivity contribution in [1.29, 1.82) is 0 Å². The molecule has 5 N–H and O–H groups in total. The SMILES string of the molecule is Cc1c[nH]c(=O)c([N+](=O)[O-])c1.Cc1ccc(N)nc1.Cc1cnc(Cl)c([N+](=O)[O-])c1.O=CNc1cnc(Cl)c([N+](=O)[O-])c1.O=CNc1cnc(N2CC2)c([N+](=O)[O-])c1.O=COc1cnc(Cl)c([N+](=O)[O-])c1. The molecular weight excluding hydrogens is 1010 g/mol. The number of nitrogens with one attached hydrogen (secondary N) is 3. The van der Waals surface area contributed by atoms with Crippen LogP contribution in [0, 0.1) is 71.3 Å². The minimum Gasteiger partial charge on any atom is -0.427 e. The van der Waals surface area contributed by atoms with Crippen molar-refractivity contribution in [1.82, 2.24) is 29.9 Å². The quantitative estimate of drug-likeness (QED) is 0.0344. The number of pyridine rings is 6. The maximum atomic E-state index is 10.7. The van der Waals surface area contributed by atoms with Gasteiger partial charge in [-0.05, 0) is 43.5 Å². The van der Waals surface area contributed by atoms with Gasteiger partial charge in [-0.3, -0.25) is 69.7 Å². The Bertz CT molecular complexity index is 2860. The van der Waals surface area contributed by atoms with Gasteiger partial charge in [0.15, 0.2) is 5.75 Å². The molecule has 6 aromatic rings. The normalized spacial score (nSPS) is 10.3. The van der Waals surface area contributed by atoms with E-state index < -0.39 is 41.6 Å². The van der Waals surface area contributed by atoms with Gasteiger partial charge in [-0.2, -0.15) is 0 Å². The number of carbonyl (C=O) groups is 3. The fraction of sp³-hybridized carbons (Fsp3) is 0.132. The fourth-order valence-corrected chi connectivity index (χ4v) is 4.98. The second-order valence-electron chi connectivity index (χ2n) is 13.1. The van der Waals surface area contributed by atoms with E-state index in [2.05, 4.69) is 45.3 Å². The Morgan fingerprint density at radius 3 is 1.49 bits per heavy atom. The van der Waals surface area contributed by atoms with E-state index in [0.717, 1.165) is 42.5 Å². The summed E-state index contributed by atoms with van der Waals surface area (Å²) in [6, 6.07) is 9.79. The van der Waals surface area contributed by atoms with Crippen molar-refractivity contribution in [2.45, 2.75) is 20.8 Å². The summed E-state index contributed by atoms with van der Waals surface area (Å²) in [6.07, 6.45) is 9.25. The minimum absolute atomic E-state index is 0.0221. The van der Waals surface area contributed by atoms with E-state index in [1.807, 2.05) is 13.0 Å². The number of carbonyl (C=O) groups excluding carboxylic acids is 3. The van der Waals surface area contributed by atoms with Gasteiger partial charge < -0.3 is 31.0 Å². The number of nitrogens with zero attached hydrogens (tertiary/aromatic N) is 11. The highest BCUT2D eigenvalue weighted by Crippen LogP contribution is 2.31. The van der Waals surface area contributed by atoms with Crippen LogP contribution in [0.5, 0.6) is 5.75 Å². The summed E-state index contributed by atoms with van der Waals surface area (Å²) in [5, 5.41) is 55.8. The number of aromatic amines is 1. The standard InChI is InChI=1S/C8H8N4O3.C6H4ClN3O3.C6H3ClN2O4.C6H5ClN2O2.C6H6N2O3.C6H8N2/c13-5-10-6-3-7(12(14)15)8(9-4-6)11-1-2-11;7-6-5(10(12)13)1-4(2-8-6)9-3-11;7-6-5(9(11)12)1-4(2-8-6)13-3-10;1-4-2-5(9(10)11)6(7)8-3-4;1-4-2-5(8(10)11)6(9)7-3-4;1-5-2-3-6(7)8-4-5/h3-5H,1-2H2,(H,10,13);1-3H,(H,9,11);1-3H;2-3H,1H3;2-3H,1H3,(H,7,9);2-4H,1H3,(H2,7,8). The molecule has 7 rings (SSSR count). The molecule has 30 nitrogen and oxygen atoms in total. The molecule has 0 aromatic carbocycles. The summed E-state index contributed by atoms with van der Waals surface area (Å²) < 4.78 is 4.35. The van der Waals surface area contributed by atoms with Crippen molar-refractivity contribution in [3.63, 3.8) is 0 Å². The Morgan fingerprint density at radius 1 is 0.606 bits per heavy atom. The highest BCUT2D eigenvalue weighted by Gasteiger charge is 2.28. The van der Waals surface area contributed by atoms with Crippen LogP contribution >= 0.6 is 34.8 Å². The Balaban J connectivity index is 0.000000295. The first-order valence-electron chi connectivity index (χ1n) is 18.8. The lowest BCUT2D eigenvalue weighted by Crippen LogP contribution is -2.10. The van der Waals surface area contributed by atoms with E-state index in [0.29, 0.717) is 35.7 Å². The van der Waals surface area contributed by atoms with Crippen molar-refractivity contribution in [2.24, 2.45) is 0 Å². The van der Waals surface area contributed by atoms with Crippen LogP contribution in [0.2, 0.25) is 15.5 Å². The van der Waals surface area contributed by atoms with Crippen molar-refractivity contribution in [3.05, 3.63) is 173 Å². The molecule has 7 heterocycles. The molecule has 1 saturated heterocycles. The van der Waals surface area contributed by atoms with Gasteiger partial charge in [0, 0.05) is 55.9 Å². The van der Waals surface area contributed by atoms with E-state index in [4.69, 9.17) is 40.5 Å². The van der Waals surface area contributed by atoms with E-state index in [-0.39, 0.29) is 50.4 Å². The van der Waals surface area contributed by atoms with Crippen molar-refractivity contribution < 1.29 is 43.7 Å². The molecule has 71 heavy (non-hydrogen) atoms. The number of hydrogen-bond acceptors (Lipinski definition) is 22. The average molecular weight is 1050 g/mol. The average Bonchev–Trinajstić information content (AvgIpc) is 4.17. The van der Waals surface area contributed by atoms with Crippen LogP contribution in [0.4, 0.5) is 51.4 Å². The summed E-state index contributed by atoms with van der Waals surface area (Å²) >= 11 is 16.3. The molecule has 0 spiro atoms. The molecule has 1 aliphatic heterocycles. The zero-order chi connectivity index (χ0) is 53.4. The lowest BCUT2D eigenvalue weighted by atomic mass is 10.3. The Morgan fingerprint density at radius 2 is 1.06 bits per heavy atom. The van der Waals surface area contributed by atoms with Crippen molar-refractivity contribution in [3.8, 4) is 5.75 Å². The van der Waals surface area contributed by atoms with Gasteiger partial charge in [-0.25, -0.2) is 24.9 Å². The molecule has 0 bridgehead atoms. The topological polar surface area (TPSA) is 427 Å². The van der Waals surface area contributed by atoms with Crippen LogP contribution in [-0.4, -0.2) is 86.9 Å². The highest BCUT2D eigenvalue weighted by atomic mass is 35.5. The molecule has 1 aliphatic rings. The summed E-state index contributed by atoms with van der Waals surface area (Å²) in [6.45, 7) is 7.09. The number of anilines is 4. The predicted molar refractivity (Wildman–Crippen MR) is 253 cm³/mol. The highest BCUT2D eigenvalue weighted by molar-refractivity contribution is 6.32. The fourth-order valence-electron chi connectivity index (χ4n) is 4.47. The summed E-state index contributed by atoms with van der Waals surface area (Å²) in [5.74, 6) is 0.915. The van der Waals surface area contributed by atoms with Crippen LogP contribution in [0.3, 0.4) is 0 Å². The van der Waals surface area contributed by atoms with Crippen molar-refractivity contribution in [2.75, 3.05) is 34.4 Å². The smallest absolute Gasteiger partial charge is 0.334 e. The zero-order valence-corrected chi connectivity index (χ0v) is 38.7. The number of H-pyrrole nitrogens is 1. The number of amides is 2. The maximum absolute atomic E-state index is 10.7. The molecule has 0 radical (unpaired) electrons. The Hall–Kier alpha value is -9.42. The van der Waals surface area contributed by atoms with Crippen LogP contribution in [0.15, 0.2) is 84.4 Å². The van der Waals surface area contributed by atoms with Gasteiger partial charge >= 0.3 is 34.0 Å². The van der Waals surface area contributed by atoms with Crippen molar-refractivity contribution >= 4 is 106 Å². The largest absolute Gasteiger partial charge is 0.427 e. The van der Waals surface area contributed by atoms with Gasteiger partial charge in [0.05, 0.1) is 60.6 Å². The van der Waals surface area contributed by atoms with E-state index in [1.165, 1.54) is 43.0 Å². The van der Waals surface area contributed by atoms with Crippen LogP contribution in [0.25, 0.3) is 0 Å². The predicted octanol–water partition coefficient (Wildman–Crippen LogP) is 6.28. The molecule has 33 heteroatoms. The zero-order valence-electron chi connectivity index (χ0n) is 36.4. The number of aryl methyl sites for hydroxylation is 3. The lowest BCUT2D eigenvalue weighted by Gasteiger charge is -2.04. The second kappa shape index (κ2) is 28.7.